The van der Waals surface area contributed by atoms with Crippen molar-refractivity contribution in [2.45, 2.75) is 44.5 Å². The minimum absolute atomic E-state index is 0.0893. The Bertz CT molecular complexity index is 367. The predicted octanol–water partition coefficient (Wildman–Crippen LogP) is 1.43. The summed E-state index contributed by atoms with van der Waals surface area (Å²) in [7, 11) is -2.96. The lowest BCUT2D eigenvalue weighted by molar-refractivity contribution is -0.132. The van der Waals surface area contributed by atoms with Gasteiger partial charge < -0.3 is 4.90 Å². The molecule has 1 saturated heterocycles. The van der Waals surface area contributed by atoms with E-state index in [0.29, 0.717) is 13.0 Å². The highest BCUT2D eigenvalue weighted by atomic mass is 35.5. The van der Waals surface area contributed by atoms with Crippen LogP contribution in [0.3, 0.4) is 0 Å². The van der Waals surface area contributed by atoms with Gasteiger partial charge in [0.1, 0.15) is 5.38 Å². The summed E-state index contributed by atoms with van der Waals surface area (Å²) in [4.78, 5) is 13.6. The van der Waals surface area contributed by atoms with Crippen molar-refractivity contribution in [2.75, 3.05) is 18.1 Å². The lowest BCUT2D eigenvalue weighted by atomic mass is 10.2. The third-order valence-electron chi connectivity index (χ3n) is 3.03. The highest BCUT2D eigenvalue weighted by molar-refractivity contribution is 7.91. The van der Waals surface area contributed by atoms with Crippen LogP contribution >= 0.6 is 11.6 Å². The lowest BCUT2D eigenvalue weighted by Crippen LogP contribution is -2.44. The molecule has 1 aliphatic rings. The largest absolute Gasteiger partial charge is 0.337 e. The number of alkyl halides is 1. The van der Waals surface area contributed by atoms with Gasteiger partial charge in [-0.25, -0.2) is 8.42 Å². The van der Waals surface area contributed by atoms with Crippen LogP contribution in [0.5, 0.6) is 0 Å². The average Bonchev–Trinajstić information content (AvgIpc) is 2.59. The molecular formula is C11H20ClNO3S. The van der Waals surface area contributed by atoms with Gasteiger partial charge in [-0.1, -0.05) is 13.3 Å². The van der Waals surface area contributed by atoms with Gasteiger partial charge in [-0.2, -0.15) is 0 Å². The predicted molar refractivity (Wildman–Crippen MR) is 69.0 cm³/mol. The van der Waals surface area contributed by atoms with Crippen LogP contribution in [0.25, 0.3) is 0 Å². The molecular weight excluding hydrogens is 262 g/mol. The van der Waals surface area contributed by atoms with Crippen LogP contribution in [0.4, 0.5) is 0 Å². The Labute approximate surface area is 108 Å². The van der Waals surface area contributed by atoms with Crippen molar-refractivity contribution in [3.63, 3.8) is 0 Å². The average molecular weight is 282 g/mol. The van der Waals surface area contributed by atoms with E-state index in [1.165, 1.54) is 0 Å². The van der Waals surface area contributed by atoms with Crippen LogP contribution < -0.4 is 0 Å². The normalized spacial score (nSPS) is 24.5. The molecule has 0 aromatic carbocycles. The van der Waals surface area contributed by atoms with E-state index in [1.54, 1.807) is 11.8 Å². The van der Waals surface area contributed by atoms with Gasteiger partial charge in [-0.15, -0.1) is 11.6 Å². The second-order valence-electron chi connectivity index (χ2n) is 4.56. The molecule has 17 heavy (non-hydrogen) atoms. The van der Waals surface area contributed by atoms with Crippen LogP contribution in [-0.2, 0) is 14.6 Å². The number of hydrogen-bond donors (Lipinski definition) is 0. The number of halogens is 1. The van der Waals surface area contributed by atoms with E-state index in [2.05, 4.69) is 0 Å². The minimum atomic E-state index is -2.96. The zero-order valence-corrected chi connectivity index (χ0v) is 11.9. The summed E-state index contributed by atoms with van der Waals surface area (Å²) in [5, 5.41) is -0.588. The Morgan fingerprint density at radius 3 is 2.59 bits per heavy atom. The number of hydrogen-bond acceptors (Lipinski definition) is 3. The summed E-state index contributed by atoms with van der Waals surface area (Å²) < 4.78 is 22.9. The topological polar surface area (TPSA) is 54.5 Å². The first-order chi connectivity index (χ1) is 7.87. The number of sulfone groups is 1. The van der Waals surface area contributed by atoms with Crippen molar-refractivity contribution in [1.29, 1.82) is 0 Å². The van der Waals surface area contributed by atoms with Gasteiger partial charge in [0.25, 0.3) is 0 Å². The SMILES string of the molecule is CCCCN(C(=O)C(C)Cl)C1CCS(=O)(=O)C1. The standard InChI is InChI=1S/C11H20ClNO3S/c1-3-4-6-13(11(14)9(2)12)10-5-7-17(15,16)8-10/h9-10H,3-8H2,1-2H3. The third kappa shape index (κ3) is 4.14. The number of carbonyl (C=O) groups excluding carboxylic acids is 1. The number of unbranched alkanes of at least 4 members (excludes halogenated alkanes) is 1. The molecule has 6 heteroatoms. The highest BCUT2D eigenvalue weighted by Crippen LogP contribution is 2.20. The molecule has 1 fully saturated rings. The van der Waals surface area contributed by atoms with Crippen molar-refractivity contribution in [1.82, 2.24) is 4.90 Å². The summed E-state index contributed by atoms with van der Waals surface area (Å²) in [6, 6.07) is -0.180. The van der Waals surface area contributed by atoms with E-state index in [4.69, 9.17) is 11.6 Å². The van der Waals surface area contributed by atoms with Crippen LogP contribution in [0.2, 0.25) is 0 Å². The summed E-state index contributed by atoms with van der Waals surface area (Å²) in [6.45, 7) is 4.27. The fraction of sp³-hybridized carbons (Fsp3) is 0.909. The molecule has 1 aliphatic heterocycles. The molecule has 0 aliphatic carbocycles. The molecule has 100 valence electrons. The first-order valence-electron chi connectivity index (χ1n) is 6.02. The highest BCUT2D eigenvalue weighted by Gasteiger charge is 2.35. The van der Waals surface area contributed by atoms with Crippen LogP contribution in [0.1, 0.15) is 33.1 Å². The van der Waals surface area contributed by atoms with E-state index in [1.807, 2.05) is 6.92 Å². The quantitative estimate of drug-likeness (QED) is 0.717. The van der Waals surface area contributed by atoms with Gasteiger partial charge >= 0.3 is 0 Å². The number of carbonyl (C=O) groups is 1. The van der Waals surface area contributed by atoms with Crippen LogP contribution in [0.15, 0.2) is 0 Å². The van der Waals surface area contributed by atoms with E-state index in [9.17, 15) is 13.2 Å². The van der Waals surface area contributed by atoms with Crippen LogP contribution in [0, 0.1) is 0 Å². The van der Waals surface area contributed by atoms with E-state index in [0.717, 1.165) is 12.8 Å². The Kier molecular flexibility index (Phi) is 5.25. The molecule has 1 rings (SSSR count). The number of amides is 1. The molecule has 1 amide bonds. The fourth-order valence-corrected chi connectivity index (χ4v) is 3.91. The molecule has 0 saturated carbocycles. The lowest BCUT2D eigenvalue weighted by Gasteiger charge is -2.29. The van der Waals surface area contributed by atoms with Crippen molar-refractivity contribution in [3.8, 4) is 0 Å². The molecule has 0 aromatic rings. The molecule has 0 N–H and O–H groups in total. The summed E-state index contributed by atoms with van der Waals surface area (Å²) in [6.07, 6.45) is 2.40. The molecule has 2 atom stereocenters. The van der Waals surface area contributed by atoms with Crippen molar-refractivity contribution < 1.29 is 13.2 Å². The van der Waals surface area contributed by atoms with Crippen molar-refractivity contribution in [3.05, 3.63) is 0 Å². The van der Waals surface area contributed by atoms with Crippen LogP contribution in [-0.4, -0.2) is 48.7 Å². The van der Waals surface area contributed by atoms with Gasteiger partial charge in [0, 0.05) is 12.6 Å². The van der Waals surface area contributed by atoms with Crippen molar-refractivity contribution >= 4 is 27.3 Å². The molecule has 4 nitrogen and oxygen atoms in total. The Hall–Kier alpha value is -0.290. The van der Waals surface area contributed by atoms with Gasteiger partial charge in [-0.05, 0) is 19.8 Å². The Morgan fingerprint density at radius 1 is 1.53 bits per heavy atom. The first-order valence-corrected chi connectivity index (χ1v) is 8.28. The third-order valence-corrected chi connectivity index (χ3v) is 4.96. The second kappa shape index (κ2) is 6.05. The minimum Gasteiger partial charge on any atom is -0.337 e. The maximum absolute atomic E-state index is 11.9. The maximum Gasteiger partial charge on any atom is 0.240 e. The first kappa shape index (κ1) is 14.8. The monoisotopic (exact) mass is 281 g/mol. The van der Waals surface area contributed by atoms with Gasteiger partial charge in [0.05, 0.1) is 11.5 Å². The van der Waals surface area contributed by atoms with E-state index >= 15 is 0 Å². The summed E-state index contributed by atoms with van der Waals surface area (Å²) >= 11 is 5.81. The molecule has 0 aromatic heterocycles. The van der Waals surface area contributed by atoms with Gasteiger partial charge in [-0.3, -0.25) is 4.79 Å². The molecule has 0 radical (unpaired) electrons. The summed E-state index contributed by atoms with van der Waals surface area (Å²) in [5.74, 6) is 0.123. The maximum atomic E-state index is 11.9. The van der Waals surface area contributed by atoms with Gasteiger partial charge in [0.2, 0.25) is 5.91 Å². The summed E-state index contributed by atoms with van der Waals surface area (Å²) in [5.41, 5.74) is 0. The molecule has 2 unspecified atom stereocenters. The Morgan fingerprint density at radius 2 is 2.18 bits per heavy atom. The zero-order chi connectivity index (χ0) is 13.1. The molecule has 0 spiro atoms. The van der Waals surface area contributed by atoms with Gasteiger partial charge in [0.15, 0.2) is 9.84 Å². The number of nitrogens with zero attached hydrogens (tertiary/aromatic N) is 1. The fourth-order valence-electron chi connectivity index (χ4n) is 2.05. The smallest absolute Gasteiger partial charge is 0.240 e. The van der Waals surface area contributed by atoms with E-state index < -0.39 is 15.2 Å². The number of rotatable bonds is 5. The van der Waals surface area contributed by atoms with Crippen molar-refractivity contribution in [2.24, 2.45) is 0 Å². The van der Waals surface area contributed by atoms with E-state index in [-0.39, 0.29) is 23.5 Å². The Balaban J connectivity index is 2.73. The second-order valence-corrected chi connectivity index (χ2v) is 7.44. The molecule has 0 bridgehead atoms. The molecule has 1 heterocycles. The zero-order valence-electron chi connectivity index (χ0n) is 10.4.